The van der Waals surface area contributed by atoms with Crippen LogP contribution in [0.5, 0.6) is 0 Å². The minimum atomic E-state index is -3.77. The van der Waals surface area contributed by atoms with E-state index in [1.165, 1.54) is 23.5 Å². The molecule has 0 amide bonds. The van der Waals surface area contributed by atoms with E-state index in [2.05, 4.69) is 11.9 Å². The Morgan fingerprint density at radius 3 is 2.61 bits per heavy atom. The van der Waals surface area contributed by atoms with Gasteiger partial charge in [-0.15, -0.1) is 0 Å². The topological polar surface area (TPSA) is 63.4 Å². The molecule has 1 aliphatic rings. The maximum atomic E-state index is 12.6. The second-order valence-electron chi connectivity index (χ2n) is 5.81. The lowest BCUT2D eigenvalue weighted by atomic mass is 10.3. The van der Waals surface area contributed by atoms with Crippen LogP contribution in [0.4, 0.5) is 0 Å². The predicted molar refractivity (Wildman–Crippen MR) is 88.1 cm³/mol. The summed E-state index contributed by atoms with van der Waals surface area (Å²) in [7, 11) is -2.30. The van der Waals surface area contributed by atoms with Crippen molar-refractivity contribution in [1.82, 2.24) is 9.29 Å². The summed E-state index contributed by atoms with van der Waals surface area (Å²) in [5.74, 6) is 2.61. The minimum Gasteiger partial charge on any atom is -0.464 e. The van der Waals surface area contributed by atoms with E-state index in [1.54, 1.807) is 0 Å². The third-order valence-corrected chi connectivity index (χ3v) is 6.45. The van der Waals surface area contributed by atoms with Crippen molar-refractivity contribution < 1.29 is 12.8 Å². The number of furan rings is 1. The molecule has 0 N–H and O–H groups in total. The van der Waals surface area contributed by atoms with E-state index in [0.29, 0.717) is 17.6 Å². The van der Waals surface area contributed by atoms with Crippen molar-refractivity contribution in [2.45, 2.75) is 30.7 Å². The molecule has 0 bridgehead atoms. The lowest BCUT2D eigenvalue weighted by Gasteiger charge is -2.16. The van der Waals surface area contributed by atoms with Gasteiger partial charge in [-0.1, -0.05) is 30.1 Å². The first-order chi connectivity index (χ1) is 10.8. The first-order valence-electron chi connectivity index (χ1n) is 7.16. The van der Waals surface area contributed by atoms with Crippen LogP contribution in [-0.4, -0.2) is 24.8 Å². The van der Waals surface area contributed by atoms with Crippen molar-refractivity contribution in [2.75, 3.05) is 7.05 Å². The predicted octanol–water partition coefficient (Wildman–Crippen LogP) is 3.93. The highest BCUT2D eigenvalue weighted by Crippen LogP contribution is 2.47. The van der Waals surface area contributed by atoms with E-state index in [-0.39, 0.29) is 21.7 Å². The van der Waals surface area contributed by atoms with Gasteiger partial charge in [-0.05, 0) is 36.6 Å². The van der Waals surface area contributed by atoms with Gasteiger partial charge in [0.2, 0.25) is 10.0 Å². The number of hydrogen-bond acceptors (Lipinski definition) is 4. The molecule has 3 rings (SSSR count). The van der Waals surface area contributed by atoms with Crippen LogP contribution in [0.25, 0.3) is 0 Å². The molecule has 2 atom stereocenters. The summed E-state index contributed by atoms with van der Waals surface area (Å²) in [5, 5.41) is 0.00196. The Kier molecular flexibility index (Phi) is 4.44. The van der Waals surface area contributed by atoms with Crippen LogP contribution in [0.3, 0.4) is 0 Å². The lowest BCUT2D eigenvalue weighted by Crippen LogP contribution is -2.26. The zero-order chi connectivity index (χ0) is 16.8. The highest BCUT2D eigenvalue weighted by molar-refractivity contribution is 7.89. The summed E-state index contributed by atoms with van der Waals surface area (Å²) in [6, 6.07) is 6.48. The molecule has 0 radical (unpaired) electrons. The second kappa shape index (κ2) is 6.09. The van der Waals surface area contributed by atoms with Gasteiger partial charge in [-0.3, -0.25) is 0 Å². The van der Waals surface area contributed by atoms with Gasteiger partial charge in [0.15, 0.2) is 5.15 Å². The SMILES string of the molecule is C[C@@H]1C[C@@H]1c1ccc(CN(C)S(=O)(=O)c2ccc(Cl)nc2Cl)o1. The summed E-state index contributed by atoms with van der Waals surface area (Å²) >= 11 is 11.6. The number of pyridine rings is 1. The fourth-order valence-electron chi connectivity index (χ4n) is 2.46. The summed E-state index contributed by atoms with van der Waals surface area (Å²) in [4.78, 5) is 3.70. The quantitative estimate of drug-likeness (QED) is 0.743. The van der Waals surface area contributed by atoms with Crippen molar-refractivity contribution in [2.24, 2.45) is 5.92 Å². The largest absolute Gasteiger partial charge is 0.464 e. The van der Waals surface area contributed by atoms with Gasteiger partial charge < -0.3 is 4.42 Å². The zero-order valence-corrected chi connectivity index (χ0v) is 15.0. The van der Waals surface area contributed by atoms with Crippen LogP contribution in [0.1, 0.15) is 30.8 Å². The Bertz CT molecular complexity index is 835. The van der Waals surface area contributed by atoms with Crippen molar-refractivity contribution >= 4 is 33.2 Å². The number of rotatable bonds is 5. The molecule has 0 spiro atoms. The molecule has 2 aromatic rings. The molecule has 1 fully saturated rings. The summed E-state index contributed by atoms with van der Waals surface area (Å²) in [6.07, 6.45) is 1.12. The minimum absolute atomic E-state index is 0.0753. The van der Waals surface area contributed by atoms with Crippen LogP contribution >= 0.6 is 23.2 Å². The Hall–Kier alpha value is -1.08. The molecular weight excluding hydrogens is 359 g/mol. The lowest BCUT2D eigenvalue weighted by molar-refractivity contribution is 0.389. The normalized spacial score (nSPS) is 20.9. The zero-order valence-electron chi connectivity index (χ0n) is 12.7. The third-order valence-electron chi connectivity index (χ3n) is 4.00. The molecule has 0 saturated heterocycles. The number of nitrogens with zero attached hydrogens (tertiary/aromatic N) is 2. The van der Waals surface area contributed by atoms with Gasteiger partial charge in [0, 0.05) is 13.0 Å². The Morgan fingerprint density at radius 1 is 1.30 bits per heavy atom. The Balaban J connectivity index is 1.78. The Morgan fingerprint density at radius 2 is 2.00 bits per heavy atom. The fourth-order valence-corrected chi connectivity index (χ4v) is 4.23. The van der Waals surface area contributed by atoms with Gasteiger partial charge in [0.25, 0.3) is 0 Å². The van der Waals surface area contributed by atoms with Crippen molar-refractivity contribution in [1.29, 1.82) is 0 Å². The maximum absolute atomic E-state index is 12.6. The number of sulfonamides is 1. The molecule has 0 aliphatic heterocycles. The van der Waals surface area contributed by atoms with Gasteiger partial charge in [0.05, 0.1) is 6.54 Å². The highest BCUT2D eigenvalue weighted by Gasteiger charge is 2.36. The van der Waals surface area contributed by atoms with Crippen molar-refractivity contribution in [3.05, 3.63) is 46.1 Å². The van der Waals surface area contributed by atoms with Gasteiger partial charge in [-0.25, -0.2) is 13.4 Å². The molecule has 23 heavy (non-hydrogen) atoms. The van der Waals surface area contributed by atoms with Gasteiger partial charge >= 0.3 is 0 Å². The van der Waals surface area contributed by atoms with E-state index in [1.807, 2.05) is 12.1 Å². The molecule has 2 heterocycles. The fraction of sp³-hybridized carbons (Fsp3) is 0.400. The van der Waals surface area contributed by atoms with Crippen LogP contribution < -0.4 is 0 Å². The highest BCUT2D eigenvalue weighted by atomic mass is 35.5. The first-order valence-corrected chi connectivity index (χ1v) is 9.35. The van der Waals surface area contributed by atoms with Gasteiger partial charge in [-0.2, -0.15) is 4.31 Å². The van der Waals surface area contributed by atoms with Crippen LogP contribution in [0.15, 0.2) is 33.6 Å². The molecule has 1 saturated carbocycles. The molecule has 124 valence electrons. The molecule has 0 aromatic carbocycles. The first kappa shape index (κ1) is 16.8. The standard InChI is InChI=1S/C15H16Cl2N2O3S/c1-9-7-11(9)12-4-3-10(22-12)8-19(2)23(20,21)13-5-6-14(16)18-15(13)17/h3-6,9,11H,7-8H2,1-2H3/t9-,11+/m1/s1. The number of halogens is 2. The number of aromatic nitrogens is 1. The van der Waals surface area contributed by atoms with E-state index in [9.17, 15) is 8.42 Å². The molecule has 8 heteroatoms. The van der Waals surface area contributed by atoms with Crippen molar-refractivity contribution in [3.63, 3.8) is 0 Å². The molecule has 0 unspecified atom stereocenters. The van der Waals surface area contributed by atoms with Gasteiger partial charge in [0.1, 0.15) is 21.6 Å². The average molecular weight is 375 g/mol. The van der Waals surface area contributed by atoms with Crippen molar-refractivity contribution in [3.8, 4) is 0 Å². The average Bonchev–Trinajstić information content (AvgIpc) is 3.01. The summed E-state index contributed by atoms with van der Waals surface area (Å²) < 4.78 is 32.1. The van der Waals surface area contributed by atoms with Crippen LogP contribution in [0, 0.1) is 5.92 Å². The molecular formula is C15H16Cl2N2O3S. The van der Waals surface area contributed by atoms with E-state index >= 15 is 0 Å². The molecule has 2 aromatic heterocycles. The summed E-state index contributed by atoms with van der Waals surface area (Å²) in [6.45, 7) is 2.29. The van der Waals surface area contributed by atoms with Crippen LogP contribution in [-0.2, 0) is 16.6 Å². The van der Waals surface area contributed by atoms with E-state index < -0.39 is 10.0 Å². The van der Waals surface area contributed by atoms with E-state index in [0.717, 1.165) is 12.2 Å². The molecule has 5 nitrogen and oxygen atoms in total. The Labute approximate surface area is 145 Å². The van der Waals surface area contributed by atoms with Crippen LogP contribution in [0.2, 0.25) is 10.3 Å². The number of hydrogen-bond donors (Lipinski definition) is 0. The maximum Gasteiger partial charge on any atom is 0.246 e. The molecule has 1 aliphatic carbocycles. The third kappa shape index (κ3) is 3.40. The smallest absolute Gasteiger partial charge is 0.246 e. The second-order valence-corrected chi connectivity index (χ2v) is 8.57. The summed E-state index contributed by atoms with van der Waals surface area (Å²) in [5.41, 5.74) is 0. The monoisotopic (exact) mass is 374 g/mol. The van der Waals surface area contributed by atoms with E-state index in [4.69, 9.17) is 27.6 Å².